The van der Waals surface area contributed by atoms with Crippen LogP contribution in [0.2, 0.25) is 0 Å². The molecule has 0 saturated carbocycles. The zero-order valence-electron chi connectivity index (χ0n) is 22.1. The van der Waals surface area contributed by atoms with Crippen LogP contribution in [0.5, 0.6) is 11.5 Å². The van der Waals surface area contributed by atoms with Gasteiger partial charge in [-0.25, -0.2) is 0 Å². The second-order valence-corrected chi connectivity index (χ2v) is 9.52. The van der Waals surface area contributed by atoms with Gasteiger partial charge in [-0.05, 0) is 80.0 Å². The Kier molecular flexibility index (Phi) is 11.4. The standard InChI is InChI=1S/C32H41NO3/c1-4-5-6-7-14-27(28-19-21-30(35-3)22-20-28)16-11-18-32(34)33-25(2)12-10-13-26-23-29-15-8-9-17-31(29)36-24-26/h8-9,11,15-23,25H,4-7,10,12-14,24H2,1-3H3,(H,33,34)/t25-/m1/s1. The molecule has 0 aliphatic carbocycles. The van der Waals surface area contributed by atoms with Gasteiger partial charge in [-0.2, -0.15) is 0 Å². The average Bonchev–Trinajstić information content (AvgIpc) is 2.90. The summed E-state index contributed by atoms with van der Waals surface area (Å²) in [5.41, 5.74) is 4.88. The highest BCUT2D eigenvalue weighted by Gasteiger charge is 2.11. The molecular weight excluding hydrogens is 446 g/mol. The lowest BCUT2D eigenvalue weighted by Crippen LogP contribution is -2.31. The van der Waals surface area contributed by atoms with Crippen molar-refractivity contribution in [3.8, 4) is 11.5 Å². The van der Waals surface area contributed by atoms with Crippen LogP contribution in [0.3, 0.4) is 0 Å². The summed E-state index contributed by atoms with van der Waals surface area (Å²) in [6.45, 7) is 4.95. The third-order valence-corrected chi connectivity index (χ3v) is 6.52. The third-order valence-electron chi connectivity index (χ3n) is 6.52. The van der Waals surface area contributed by atoms with Crippen LogP contribution < -0.4 is 14.8 Å². The molecule has 3 rings (SSSR count). The van der Waals surface area contributed by atoms with Crippen LogP contribution in [-0.4, -0.2) is 25.7 Å². The molecule has 192 valence electrons. The van der Waals surface area contributed by atoms with E-state index in [1.165, 1.54) is 36.0 Å². The second kappa shape index (κ2) is 15.0. The minimum atomic E-state index is -0.0482. The van der Waals surface area contributed by atoms with Crippen LogP contribution in [0.15, 0.2) is 72.3 Å². The Morgan fingerprint density at radius 1 is 1.08 bits per heavy atom. The molecule has 36 heavy (non-hydrogen) atoms. The number of methoxy groups -OCH3 is 1. The fraction of sp³-hybridized carbons (Fsp3) is 0.406. The summed E-state index contributed by atoms with van der Waals surface area (Å²) >= 11 is 0. The first kappa shape index (κ1) is 27.3. The van der Waals surface area contributed by atoms with Crippen LogP contribution >= 0.6 is 0 Å². The van der Waals surface area contributed by atoms with Gasteiger partial charge in [0.25, 0.3) is 0 Å². The number of unbranched alkanes of at least 4 members (excludes halogenated alkanes) is 3. The molecule has 2 aromatic rings. The van der Waals surface area contributed by atoms with Gasteiger partial charge in [0, 0.05) is 17.7 Å². The first-order valence-corrected chi connectivity index (χ1v) is 13.3. The number of carbonyl (C=O) groups is 1. The Labute approximate surface area is 217 Å². The predicted molar refractivity (Wildman–Crippen MR) is 150 cm³/mol. The van der Waals surface area contributed by atoms with Gasteiger partial charge < -0.3 is 14.8 Å². The lowest BCUT2D eigenvalue weighted by Gasteiger charge is -2.18. The molecule has 2 aromatic carbocycles. The van der Waals surface area contributed by atoms with Crippen molar-refractivity contribution in [2.24, 2.45) is 0 Å². The van der Waals surface area contributed by atoms with E-state index in [0.29, 0.717) is 6.61 Å². The van der Waals surface area contributed by atoms with Gasteiger partial charge in [-0.15, -0.1) is 0 Å². The maximum absolute atomic E-state index is 12.5. The van der Waals surface area contributed by atoms with Gasteiger partial charge in [0.05, 0.1) is 7.11 Å². The molecule has 4 nitrogen and oxygen atoms in total. The molecule has 0 fully saturated rings. The fourth-order valence-electron chi connectivity index (χ4n) is 4.43. The maximum atomic E-state index is 12.5. The first-order valence-electron chi connectivity index (χ1n) is 13.3. The van der Waals surface area contributed by atoms with Crippen LogP contribution in [-0.2, 0) is 4.79 Å². The monoisotopic (exact) mass is 487 g/mol. The van der Waals surface area contributed by atoms with E-state index in [1.807, 2.05) is 36.4 Å². The van der Waals surface area contributed by atoms with E-state index in [-0.39, 0.29) is 11.9 Å². The molecule has 1 amide bonds. The fourth-order valence-corrected chi connectivity index (χ4v) is 4.43. The molecule has 0 bridgehead atoms. The van der Waals surface area contributed by atoms with Crippen LogP contribution in [0.25, 0.3) is 11.6 Å². The largest absolute Gasteiger partial charge is 0.497 e. The number of rotatable bonds is 14. The Hall–Kier alpha value is -3.27. The molecule has 0 radical (unpaired) electrons. The molecule has 0 aromatic heterocycles. The van der Waals surface area contributed by atoms with E-state index >= 15 is 0 Å². The molecule has 1 heterocycles. The van der Waals surface area contributed by atoms with Gasteiger partial charge in [0.1, 0.15) is 18.1 Å². The molecule has 0 spiro atoms. The summed E-state index contributed by atoms with van der Waals surface area (Å²) in [4.78, 5) is 12.5. The average molecular weight is 488 g/mol. The highest BCUT2D eigenvalue weighted by atomic mass is 16.5. The van der Waals surface area contributed by atoms with E-state index in [9.17, 15) is 4.79 Å². The molecule has 1 aliphatic rings. The smallest absolute Gasteiger partial charge is 0.244 e. The maximum Gasteiger partial charge on any atom is 0.244 e. The SMILES string of the molecule is CCCCCCC(=CC=CC(=O)N[C@H](C)CCCC1=Cc2ccccc2OC1)c1ccc(OC)cc1. The number of hydrogen-bond acceptors (Lipinski definition) is 3. The zero-order chi connectivity index (χ0) is 25.6. The van der Waals surface area contributed by atoms with Crippen molar-refractivity contribution in [1.29, 1.82) is 0 Å². The van der Waals surface area contributed by atoms with Gasteiger partial charge in [-0.1, -0.05) is 68.7 Å². The summed E-state index contributed by atoms with van der Waals surface area (Å²) < 4.78 is 11.1. The quantitative estimate of drug-likeness (QED) is 0.168. The van der Waals surface area contributed by atoms with Crippen molar-refractivity contribution < 1.29 is 14.3 Å². The molecule has 4 heteroatoms. The molecule has 0 unspecified atom stereocenters. The normalized spacial score (nSPS) is 14.1. The molecule has 1 N–H and O–H groups in total. The van der Waals surface area contributed by atoms with Crippen molar-refractivity contribution in [3.05, 3.63) is 83.5 Å². The molecular formula is C32H41NO3. The van der Waals surface area contributed by atoms with Crippen LogP contribution in [0.4, 0.5) is 0 Å². The summed E-state index contributed by atoms with van der Waals surface area (Å²) in [5, 5.41) is 3.10. The third kappa shape index (κ3) is 9.07. The highest BCUT2D eigenvalue weighted by Crippen LogP contribution is 2.28. The molecule has 1 atom stereocenters. The first-order chi connectivity index (χ1) is 17.6. The van der Waals surface area contributed by atoms with E-state index in [2.05, 4.69) is 49.5 Å². The Balaban J connectivity index is 1.47. The Morgan fingerprint density at radius 2 is 1.89 bits per heavy atom. The van der Waals surface area contributed by atoms with Crippen LogP contribution in [0.1, 0.15) is 76.3 Å². The number of amides is 1. The minimum absolute atomic E-state index is 0.0482. The minimum Gasteiger partial charge on any atom is -0.497 e. The van der Waals surface area contributed by atoms with Crippen molar-refractivity contribution in [2.45, 2.75) is 71.3 Å². The van der Waals surface area contributed by atoms with E-state index < -0.39 is 0 Å². The summed E-state index contributed by atoms with van der Waals surface area (Å²) in [5.74, 6) is 1.76. The predicted octanol–water partition coefficient (Wildman–Crippen LogP) is 7.76. The number of allylic oxidation sites excluding steroid dienone is 3. The van der Waals surface area contributed by atoms with Crippen molar-refractivity contribution in [2.75, 3.05) is 13.7 Å². The summed E-state index contributed by atoms with van der Waals surface area (Å²) in [7, 11) is 1.68. The second-order valence-electron chi connectivity index (χ2n) is 9.52. The van der Waals surface area contributed by atoms with E-state index in [0.717, 1.165) is 49.2 Å². The lowest BCUT2D eigenvalue weighted by molar-refractivity contribution is -0.117. The number of para-hydroxylation sites is 1. The van der Waals surface area contributed by atoms with Crippen molar-refractivity contribution in [1.82, 2.24) is 5.32 Å². The number of carbonyl (C=O) groups excluding carboxylic acids is 1. The zero-order valence-corrected chi connectivity index (χ0v) is 22.1. The number of ether oxygens (including phenoxy) is 2. The van der Waals surface area contributed by atoms with E-state index in [4.69, 9.17) is 9.47 Å². The van der Waals surface area contributed by atoms with Gasteiger partial charge in [0.2, 0.25) is 5.91 Å². The summed E-state index contributed by atoms with van der Waals surface area (Å²) in [6, 6.07) is 16.4. The highest BCUT2D eigenvalue weighted by molar-refractivity contribution is 5.88. The number of hydrogen-bond donors (Lipinski definition) is 1. The number of benzene rings is 2. The van der Waals surface area contributed by atoms with Gasteiger partial charge in [0.15, 0.2) is 0 Å². The van der Waals surface area contributed by atoms with Gasteiger partial charge >= 0.3 is 0 Å². The lowest BCUT2D eigenvalue weighted by atomic mass is 9.98. The topological polar surface area (TPSA) is 47.6 Å². The Morgan fingerprint density at radius 3 is 2.67 bits per heavy atom. The van der Waals surface area contributed by atoms with Crippen LogP contribution in [0, 0.1) is 0 Å². The van der Waals surface area contributed by atoms with Crippen molar-refractivity contribution in [3.63, 3.8) is 0 Å². The van der Waals surface area contributed by atoms with Crippen molar-refractivity contribution >= 4 is 17.6 Å². The Bertz CT molecular complexity index is 1050. The number of nitrogens with one attached hydrogen (secondary N) is 1. The molecule has 0 saturated heterocycles. The van der Waals surface area contributed by atoms with E-state index in [1.54, 1.807) is 13.2 Å². The summed E-state index contributed by atoms with van der Waals surface area (Å²) in [6.07, 6.45) is 16.6. The number of fused-ring (bicyclic) bond motifs is 1. The molecule has 1 aliphatic heterocycles. The van der Waals surface area contributed by atoms with Gasteiger partial charge in [-0.3, -0.25) is 4.79 Å².